The molecule has 0 aliphatic heterocycles. The minimum Gasteiger partial charge on any atom is -0.365 e. The Bertz CT molecular complexity index is 554. The molecule has 0 aliphatic carbocycles. The highest BCUT2D eigenvalue weighted by molar-refractivity contribution is 6.30. The second-order valence-electron chi connectivity index (χ2n) is 3.91. The lowest BCUT2D eigenvalue weighted by molar-refractivity contribution is 0.884. The molecule has 0 amide bonds. The van der Waals surface area contributed by atoms with Crippen LogP contribution in [-0.4, -0.2) is 16.0 Å². The molecule has 18 heavy (non-hydrogen) atoms. The maximum Gasteiger partial charge on any atom is 0.146 e. The van der Waals surface area contributed by atoms with Gasteiger partial charge in [0.15, 0.2) is 0 Å². The summed E-state index contributed by atoms with van der Waals surface area (Å²) in [6.07, 6.45) is 1.58. The molecule has 2 aromatic rings. The lowest BCUT2D eigenvalue weighted by Gasteiger charge is -2.09. The van der Waals surface area contributed by atoms with Crippen LogP contribution >= 0.6 is 11.6 Å². The van der Waals surface area contributed by atoms with E-state index < -0.39 is 0 Å². The Balaban J connectivity index is 2.04. The first-order valence-corrected chi connectivity index (χ1v) is 5.90. The molecule has 0 atom stereocenters. The third-order valence-electron chi connectivity index (χ3n) is 2.60. The number of nitrogens with zero attached hydrogens (tertiary/aromatic N) is 2. The molecular formula is C13H13ClN4. The third-order valence-corrected chi connectivity index (χ3v) is 2.83. The number of hydrogen-bond donors (Lipinski definition) is 2. The van der Waals surface area contributed by atoms with Gasteiger partial charge in [-0.05, 0) is 42.3 Å². The quantitative estimate of drug-likeness (QED) is 0.659. The van der Waals surface area contributed by atoms with Gasteiger partial charge in [0, 0.05) is 17.8 Å². The van der Waals surface area contributed by atoms with Gasteiger partial charge in [-0.1, -0.05) is 17.7 Å². The molecule has 1 aromatic carbocycles. The highest BCUT2D eigenvalue weighted by atomic mass is 35.5. The number of amidine groups is 1. The van der Waals surface area contributed by atoms with Crippen LogP contribution < -0.4 is 5.32 Å². The normalized spacial score (nSPS) is 10.1. The molecule has 0 spiro atoms. The zero-order valence-corrected chi connectivity index (χ0v) is 10.7. The Morgan fingerprint density at radius 1 is 1.39 bits per heavy atom. The van der Waals surface area contributed by atoms with Crippen LogP contribution in [0.2, 0.25) is 5.02 Å². The average Bonchev–Trinajstić information content (AvgIpc) is 2.40. The van der Waals surface area contributed by atoms with Gasteiger partial charge in [0.2, 0.25) is 0 Å². The monoisotopic (exact) mass is 260 g/mol. The predicted molar refractivity (Wildman–Crippen MR) is 71.9 cm³/mol. The molecule has 0 saturated heterocycles. The van der Waals surface area contributed by atoms with Crippen molar-refractivity contribution in [2.45, 2.75) is 13.5 Å². The molecule has 0 radical (unpaired) electrons. The van der Waals surface area contributed by atoms with Crippen molar-refractivity contribution in [2.24, 2.45) is 0 Å². The molecule has 4 nitrogen and oxygen atoms in total. The number of hydrogen-bond acceptors (Lipinski definition) is 3. The van der Waals surface area contributed by atoms with Crippen molar-refractivity contribution >= 4 is 17.4 Å². The van der Waals surface area contributed by atoms with E-state index in [1.807, 2.05) is 25.1 Å². The summed E-state index contributed by atoms with van der Waals surface area (Å²) < 4.78 is 0. The number of rotatable bonds is 3. The molecule has 0 aliphatic rings. The van der Waals surface area contributed by atoms with Crippen molar-refractivity contribution in [2.75, 3.05) is 0 Å². The predicted octanol–water partition coefficient (Wildman–Crippen LogP) is 2.55. The Morgan fingerprint density at radius 2 is 2.22 bits per heavy atom. The van der Waals surface area contributed by atoms with Gasteiger partial charge in [0.1, 0.15) is 11.5 Å². The summed E-state index contributed by atoms with van der Waals surface area (Å²) in [4.78, 5) is 0. The molecule has 0 bridgehead atoms. The van der Waals surface area contributed by atoms with Crippen LogP contribution in [0.3, 0.4) is 0 Å². The molecule has 5 heteroatoms. The minimum atomic E-state index is 0.252. The molecule has 1 heterocycles. The van der Waals surface area contributed by atoms with Crippen molar-refractivity contribution in [1.29, 1.82) is 5.41 Å². The van der Waals surface area contributed by atoms with E-state index in [4.69, 9.17) is 17.0 Å². The van der Waals surface area contributed by atoms with Gasteiger partial charge in [-0.3, -0.25) is 5.41 Å². The number of aryl methyl sites for hydroxylation is 1. The van der Waals surface area contributed by atoms with Gasteiger partial charge < -0.3 is 5.32 Å². The van der Waals surface area contributed by atoms with Crippen molar-refractivity contribution in [3.05, 3.63) is 58.4 Å². The SMILES string of the molecule is Cc1ccc(Cl)cc1CNC(=N)c1cccnn1. The summed E-state index contributed by atoms with van der Waals surface area (Å²) >= 11 is 5.95. The second kappa shape index (κ2) is 5.60. The average molecular weight is 261 g/mol. The van der Waals surface area contributed by atoms with Gasteiger partial charge in [0.05, 0.1) is 0 Å². The first-order valence-electron chi connectivity index (χ1n) is 5.52. The van der Waals surface area contributed by atoms with Crippen LogP contribution in [0, 0.1) is 12.3 Å². The van der Waals surface area contributed by atoms with Gasteiger partial charge >= 0.3 is 0 Å². The smallest absolute Gasteiger partial charge is 0.146 e. The third kappa shape index (κ3) is 3.05. The van der Waals surface area contributed by atoms with E-state index in [9.17, 15) is 0 Å². The zero-order valence-electron chi connectivity index (χ0n) is 9.94. The molecule has 0 unspecified atom stereocenters. The Labute approximate surface area is 111 Å². The highest BCUT2D eigenvalue weighted by Gasteiger charge is 2.04. The minimum absolute atomic E-state index is 0.252. The summed E-state index contributed by atoms with van der Waals surface area (Å²) in [6.45, 7) is 2.56. The van der Waals surface area contributed by atoms with E-state index in [2.05, 4.69) is 15.5 Å². The van der Waals surface area contributed by atoms with Gasteiger partial charge in [-0.2, -0.15) is 5.10 Å². The largest absolute Gasteiger partial charge is 0.365 e. The second-order valence-corrected chi connectivity index (χ2v) is 4.34. The number of aromatic nitrogens is 2. The fourth-order valence-electron chi connectivity index (χ4n) is 1.54. The van der Waals surface area contributed by atoms with Crippen LogP contribution in [0.25, 0.3) is 0 Å². The van der Waals surface area contributed by atoms with Gasteiger partial charge in [0.25, 0.3) is 0 Å². The van der Waals surface area contributed by atoms with E-state index in [1.54, 1.807) is 18.3 Å². The van der Waals surface area contributed by atoms with Crippen LogP contribution in [0.4, 0.5) is 0 Å². The lowest BCUT2D eigenvalue weighted by atomic mass is 10.1. The zero-order chi connectivity index (χ0) is 13.0. The highest BCUT2D eigenvalue weighted by Crippen LogP contribution is 2.15. The number of nitrogens with one attached hydrogen (secondary N) is 2. The van der Waals surface area contributed by atoms with E-state index in [0.29, 0.717) is 17.3 Å². The fraction of sp³-hybridized carbons (Fsp3) is 0.154. The Kier molecular flexibility index (Phi) is 3.89. The first-order chi connectivity index (χ1) is 8.66. The van der Waals surface area contributed by atoms with Crippen molar-refractivity contribution in [3.8, 4) is 0 Å². The van der Waals surface area contributed by atoms with Gasteiger partial charge in [-0.15, -0.1) is 5.10 Å². The molecule has 1 aromatic heterocycles. The number of benzene rings is 1. The maximum absolute atomic E-state index is 7.86. The molecule has 0 saturated carbocycles. The van der Waals surface area contributed by atoms with Crippen LogP contribution in [0.5, 0.6) is 0 Å². The maximum atomic E-state index is 7.86. The summed E-state index contributed by atoms with van der Waals surface area (Å²) in [5.74, 6) is 0.252. The van der Waals surface area contributed by atoms with Crippen LogP contribution in [-0.2, 0) is 6.54 Å². The fourth-order valence-corrected chi connectivity index (χ4v) is 1.73. The van der Waals surface area contributed by atoms with E-state index in [1.165, 1.54) is 0 Å². The van der Waals surface area contributed by atoms with Gasteiger partial charge in [-0.25, -0.2) is 0 Å². The summed E-state index contributed by atoms with van der Waals surface area (Å²) in [6, 6.07) is 9.21. The van der Waals surface area contributed by atoms with Crippen LogP contribution in [0.1, 0.15) is 16.8 Å². The van der Waals surface area contributed by atoms with E-state index >= 15 is 0 Å². The lowest BCUT2D eigenvalue weighted by Crippen LogP contribution is -2.24. The first kappa shape index (κ1) is 12.5. The summed E-state index contributed by atoms with van der Waals surface area (Å²) in [5, 5.41) is 19.2. The van der Waals surface area contributed by atoms with Crippen molar-refractivity contribution < 1.29 is 0 Å². The number of halogens is 1. The molecule has 0 fully saturated rings. The summed E-state index contributed by atoms with van der Waals surface area (Å²) in [7, 11) is 0. The Morgan fingerprint density at radius 3 is 2.94 bits per heavy atom. The standard InChI is InChI=1S/C13H13ClN4/c1-9-4-5-11(14)7-10(9)8-16-13(15)12-3-2-6-17-18-12/h2-7H,8H2,1H3,(H2,15,16). The molecular weight excluding hydrogens is 248 g/mol. The molecule has 2 N–H and O–H groups in total. The van der Waals surface area contributed by atoms with Crippen molar-refractivity contribution in [1.82, 2.24) is 15.5 Å². The topological polar surface area (TPSA) is 61.7 Å². The molecule has 2 rings (SSSR count). The van der Waals surface area contributed by atoms with E-state index in [0.717, 1.165) is 11.1 Å². The van der Waals surface area contributed by atoms with Crippen LogP contribution in [0.15, 0.2) is 36.5 Å². The molecule has 92 valence electrons. The Hall–Kier alpha value is -1.94. The van der Waals surface area contributed by atoms with Crippen molar-refractivity contribution in [3.63, 3.8) is 0 Å². The summed E-state index contributed by atoms with van der Waals surface area (Å²) in [5.41, 5.74) is 2.73. The van der Waals surface area contributed by atoms with E-state index in [-0.39, 0.29) is 5.84 Å².